The van der Waals surface area contributed by atoms with E-state index in [1.807, 2.05) is 25.2 Å². The van der Waals surface area contributed by atoms with Gasteiger partial charge in [-0.2, -0.15) is 0 Å². The fraction of sp³-hybridized carbons (Fsp3) is 0.556. The van der Waals surface area contributed by atoms with E-state index in [0.29, 0.717) is 18.0 Å². The lowest BCUT2D eigenvalue weighted by Gasteiger charge is -2.24. The molecule has 0 amide bonds. The van der Waals surface area contributed by atoms with E-state index in [-0.39, 0.29) is 6.61 Å². The molecule has 0 aliphatic carbocycles. The average molecular weight is 394 g/mol. The highest BCUT2D eigenvalue weighted by Gasteiger charge is 2.12. The van der Waals surface area contributed by atoms with Gasteiger partial charge in [0.25, 0.3) is 0 Å². The van der Waals surface area contributed by atoms with E-state index in [9.17, 15) is 5.11 Å². The number of hydrogen-bond donors (Lipinski definition) is 1. The van der Waals surface area contributed by atoms with Crippen molar-refractivity contribution in [1.82, 2.24) is 25.1 Å². The molecule has 9 heteroatoms. The number of ether oxygens (including phenoxy) is 2. The first-order valence-corrected chi connectivity index (χ1v) is 9.30. The van der Waals surface area contributed by atoms with E-state index in [0.717, 1.165) is 48.6 Å². The number of benzene rings is 1. The Morgan fingerprint density at radius 2 is 1.96 bits per heavy atom. The lowest BCUT2D eigenvalue weighted by atomic mass is 10.1. The van der Waals surface area contributed by atoms with Gasteiger partial charge in [-0.15, -0.1) is 5.10 Å². The number of rotatable bonds is 11. The lowest BCUT2D eigenvalue weighted by Crippen LogP contribution is -2.34. The smallest absolute Gasteiger partial charge is 0.160 e. The van der Waals surface area contributed by atoms with Crippen LogP contribution in [-0.2, 0) is 19.9 Å². The lowest BCUT2D eigenvalue weighted by molar-refractivity contribution is 0.250. The number of aliphatic hydroxyl groups excluding tert-OH is 1. The van der Waals surface area contributed by atoms with Crippen molar-refractivity contribution in [2.24, 2.45) is 7.05 Å². The zero-order valence-corrected chi connectivity index (χ0v) is 16.9. The highest BCUT2D eigenvalue weighted by atomic mass is 32.1. The molecule has 1 N–H and O–H groups in total. The molecule has 0 saturated carbocycles. The van der Waals surface area contributed by atoms with Gasteiger partial charge in [0.2, 0.25) is 0 Å². The molecule has 0 radical (unpaired) electrons. The summed E-state index contributed by atoms with van der Waals surface area (Å²) in [5, 5.41) is 20.8. The van der Waals surface area contributed by atoms with Crippen LogP contribution in [0.25, 0.3) is 0 Å². The third-order valence-corrected chi connectivity index (χ3v) is 4.80. The Hall–Kier alpha value is -2.26. The van der Waals surface area contributed by atoms with Crippen LogP contribution >= 0.6 is 12.2 Å². The molecule has 0 aliphatic rings. The number of aromatic nitrogens is 4. The first-order valence-electron chi connectivity index (χ1n) is 8.89. The zero-order valence-electron chi connectivity index (χ0n) is 16.1. The summed E-state index contributed by atoms with van der Waals surface area (Å²) >= 11 is 5.58. The molecule has 1 aromatic carbocycles. The van der Waals surface area contributed by atoms with Crippen LogP contribution in [0, 0.1) is 0 Å². The maximum atomic E-state index is 9.38. The van der Waals surface area contributed by atoms with Crippen molar-refractivity contribution < 1.29 is 14.6 Å². The maximum absolute atomic E-state index is 9.38. The number of tetrazole rings is 1. The van der Waals surface area contributed by atoms with Crippen molar-refractivity contribution in [3.63, 3.8) is 0 Å². The van der Waals surface area contributed by atoms with E-state index in [4.69, 9.17) is 21.7 Å². The quantitative estimate of drug-likeness (QED) is 0.574. The molecule has 2 rings (SSSR count). The molecule has 1 heterocycles. The topological polar surface area (TPSA) is 85.5 Å². The van der Waals surface area contributed by atoms with Crippen LogP contribution < -0.4 is 9.47 Å². The Labute approximate surface area is 165 Å². The monoisotopic (exact) mass is 393 g/mol. The molecule has 0 spiro atoms. The Bertz CT molecular complexity index is 738. The third kappa shape index (κ3) is 6.14. The second-order valence-corrected chi connectivity index (χ2v) is 6.59. The second kappa shape index (κ2) is 10.8. The molecule has 0 aliphatic heterocycles. The number of methoxy groups -OCH3 is 2. The predicted molar refractivity (Wildman–Crippen MR) is 106 cm³/mol. The van der Waals surface area contributed by atoms with Gasteiger partial charge in [0, 0.05) is 26.6 Å². The summed E-state index contributed by atoms with van der Waals surface area (Å²) in [4.78, 5) is 2.90. The minimum atomic E-state index is 0.0687. The number of aliphatic hydroxyl groups is 1. The number of aryl methyl sites for hydroxylation is 2. The maximum Gasteiger partial charge on any atom is 0.160 e. The summed E-state index contributed by atoms with van der Waals surface area (Å²) in [6.07, 6.45) is 3.19. The van der Waals surface area contributed by atoms with Gasteiger partial charge in [0.05, 0.1) is 25.8 Å². The van der Waals surface area contributed by atoms with Gasteiger partial charge >= 0.3 is 0 Å². The van der Waals surface area contributed by atoms with E-state index in [1.54, 1.807) is 18.9 Å². The summed E-state index contributed by atoms with van der Waals surface area (Å²) in [7, 11) is 5.08. The molecular formula is C18H27N5O3S. The second-order valence-electron chi connectivity index (χ2n) is 6.12. The number of nitrogens with zero attached hydrogens (tertiary/aromatic N) is 5. The Morgan fingerprint density at radius 3 is 2.59 bits per heavy atom. The van der Waals surface area contributed by atoms with E-state index in [1.165, 1.54) is 0 Å². The normalized spacial score (nSPS) is 10.7. The molecule has 27 heavy (non-hydrogen) atoms. The molecule has 0 unspecified atom stereocenters. The molecule has 1 aromatic heterocycles. The fourth-order valence-electron chi connectivity index (χ4n) is 2.80. The number of hydrogen-bond acceptors (Lipinski definition) is 7. The Balaban J connectivity index is 1.88. The first-order chi connectivity index (χ1) is 13.1. The first kappa shape index (κ1) is 21.0. The van der Waals surface area contributed by atoms with E-state index in [2.05, 4.69) is 20.4 Å². The molecule has 2 aromatic rings. The molecule has 0 bridgehead atoms. The standard InChI is InChI=1S/C18H27N5O3S/c1-22-17(19-20-21-22)5-4-6-18(27)23(11-12-24)10-9-14-7-8-15(25-2)16(13-14)26-3/h7-8,13,24H,4-6,9-12H2,1-3H3. The van der Waals surface area contributed by atoms with Crippen LogP contribution in [0.4, 0.5) is 0 Å². The molecule has 0 atom stereocenters. The van der Waals surface area contributed by atoms with Crippen molar-refractivity contribution in [3.05, 3.63) is 29.6 Å². The summed E-state index contributed by atoms with van der Waals surface area (Å²) < 4.78 is 12.3. The highest BCUT2D eigenvalue weighted by molar-refractivity contribution is 7.80. The largest absolute Gasteiger partial charge is 0.493 e. The van der Waals surface area contributed by atoms with Gasteiger partial charge in [-0.3, -0.25) is 0 Å². The van der Waals surface area contributed by atoms with Crippen LogP contribution in [0.15, 0.2) is 18.2 Å². The minimum absolute atomic E-state index is 0.0687. The van der Waals surface area contributed by atoms with Crippen molar-refractivity contribution in [3.8, 4) is 11.5 Å². The van der Waals surface area contributed by atoms with Crippen molar-refractivity contribution >= 4 is 17.2 Å². The zero-order chi connectivity index (χ0) is 19.6. The van der Waals surface area contributed by atoms with Gasteiger partial charge in [0.1, 0.15) is 0 Å². The predicted octanol–water partition coefficient (Wildman–Crippen LogP) is 1.41. The summed E-state index contributed by atoms with van der Waals surface area (Å²) in [5.41, 5.74) is 1.13. The van der Waals surface area contributed by atoms with Crippen LogP contribution in [0.2, 0.25) is 0 Å². The SMILES string of the molecule is COc1ccc(CCN(CCO)C(=S)CCCc2nnnn2C)cc1OC. The molecular weight excluding hydrogens is 366 g/mol. The van der Waals surface area contributed by atoms with Gasteiger partial charge in [-0.05, 0) is 47.4 Å². The molecule has 8 nitrogen and oxygen atoms in total. The van der Waals surface area contributed by atoms with Gasteiger partial charge in [0.15, 0.2) is 17.3 Å². The summed E-state index contributed by atoms with van der Waals surface area (Å²) in [5.74, 6) is 2.27. The van der Waals surface area contributed by atoms with E-state index < -0.39 is 0 Å². The van der Waals surface area contributed by atoms with Crippen LogP contribution in [0.1, 0.15) is 24.2 Å². The molecule has 148 valence electrons. The Morgan fingerprint density at radius 1 is 1.19 bits per heavy atom. The fourth-order valence-corrected chi connectivity index (χ4v) is 3.12. The summed E-state index contributed by atoms with van der Waals surface area (Å²) in [6, 6.07) is 5.89. The van der Waals surface area contributed by atoms with E-state index >= 15 is 0 Å². The minimum Gasteiger partial charge on any atom is -0.493 e. The Kier molecular flexibility index (Phi) is 8.41. The van der Waals surface area contributed by atoms with Crippen LogP contribution in [0.5, 0.6) is 11.5 Å². The van der Waals surface area contributed by atoms with Crippen molar-refractivity contribution in [2.75, 3.05) is 33.9 Å². The average Bonchev–Trinajstić information content (AvgIpc) is 3.09. The van der Waals surface area contributed by atoms with Crippen LogP contribution in [-0.4, -0.2) is 69.1 Å². The highest BCUT2D eigenvalue weighted by Crippen LogP contribution is 2.27. The molecule has 0 fully saturated rings. The third-order valence-electron chi connectivity index (χ3n) is 4.34. The van der Waals surface area contributed by atoms with Crippen molar-refractivity contribution in [2.45, 2.75) is 25.7 Å². The van der Waals surface area contributed by atoms with Crippen molar-refractivity contribution in [1.29, 1.82) is 0 Å². The van der Waals surface area contributed by atoms with Crippen LogP contribution in [0.3, 0.4) is 0 Å². The number of thiocarbonyl (C=S) groups is 1. The van der Waals surface area contributed by atoms with Gasteiger partial charge in [-0.1, -0.05) is 18.3 Å². The van der Waals surface area contributed by atoms with Gasteiger partial charge in [-0.25, -0.2) is 4.68 Å². The molecule has 0 saturated heterocycles. The summed E-state index contributed by atoms with van der Waals surface area (Å²) in [6.45, 7) is 1.33. The van der Waals surface area contributed by atoms with Gasteiger partial charge < -0.3 is 19.5 Å².